The minimum absolute atomic E-state index is 0.200. The van der Waals surface area contributed by atoms with E-state index in [4.69, 9.17) is 14.2 Å². The van der Waals surface area contributed by atoms with Crippen molar-refractivity contribution in [3.8, 4) is 0 Å². The summed E-state index contributed by atoms with van der Waals surface area (Å²) in [5.74, 6) is 2.20. The second-order valence-electron chi connectivity index (χ2n) is 7.97. The second kappa shape index (κ2) is 7.05. The van der Waals surface area contributed by atoms with Gasteiger partial charge in [-0.05, 0) is 16.7 Å². The van der Waals surface area contributed by atoms with Crippen LogP contribution in [0.15, 0.2) is 56.2 Å². The van der Waals surface area contributed by atoms with Crippen LogP contribution in [0.3, 0.4) is 0 Å². The van der Waals surface area contributed by atoms with E-state index in [-0.39, 0.29) is 18.3 Å². The van der Waals surface area contributed by atoms with Gasteiger partial charge in [-0.2, -0.15) is 0 Å². The van der Waals surface area contributed by atoms with Crippen LogP contribution in [0.2, 0.25) is 0 Å². The van der Waals surface area contributed by atoms with E-state index < -0.39 is 0 Å². The number of ether oxygens (including phenoxy) is 3. The molecule has 3 aliphatic rings. The van der Waals surface area contributed by atoms with Crippen LogP contribution in [0.1, 0.15) is 34.4 Å². The fraction of sp³-hybridized carbons (Fsp3) is 0.500. The first-order valence-corrected chi connectivity index (χ1v) is 9.77. The van der Waals surface area contributed by atoms with Crippen LogP contribution in [0.5, 0.6) is 0 Å². The molecule has 3 fully saturated rings. The van der Waals surface area contributed by atoms with Gasteiger partial charge in [-0.15, -0.1) is 19.7 Å². The summed E-state index contributed by atoms with van der Waals surface area (Å²) in [7, 11) is 5.39. The van der Waals surface area contributed by atoms with Gasteiger partial charge in [0.2, 0.25) is 0 Å². The quantitative estimate of drug-likeness (QED) is 0.605. The van der Waals surface area contributed by atoms with Crippen molar-refractivity contribution in [2.75, 3.05) is 21.3 Å². The lowest BCUT2D eigenvalue weighted by atomic mass is 9.89. The molecular formula is C24H30O3. The first kappa shape index (κ1) is 18.7. The maximum absolute atomic E-state index is 5.78. The van der Waals surface area contributed by atoms with Crippen molar-refractivity contribution in [1.82, 2.24) is 0 Å². The first-order valence-electron chi connectivity index (χ1n) is 9.77. The molecule has 4 rings (SSSR count). The molecule has 3 saturated carbocycles. The van der Waals surface area contributed by atoms with E-state index in [1.54, 1.807) is 21.3 Å². The van der Waals surface area contributed by atoms with Gasteiger partial charge in [-0.3, -0.25) is 0 Å². The molecule has 0 amide bonds. The highest BCUT2D eigenvalue weighted by Crippen LogP contribution is 2.62. The Bertz CT molecular complexity index is 708. The maximum Gasteiger partial charge on any atom is 0.0715 e. The number of methoxy groups -OCH3 is 3. The monoisotopic (exact) mass is 366 g/mol. The van der Waals surface area contributed by atoms with Crippen molar-refractivity contribution < 1.29 is 14.2 Å². The van der Waals surface area contributed by atoms with Crippen LogP contribution < -0.4 is 0 Å². The van der Waals surface area contributed by atoms with E-state index >= 15 is 0 Å². The molecule has 0 bridgehead atoms. The van der Waals surface area contributed by atoms with Crippen LogP contribution in [0.4, 0.5) is 0 Å². The fourth-order valence-electron chi connectivity index (χ4n) is 5.36. The Morgan fingerprint density at radius 2 is 1.04 bits per heavy atom. The van der Waals surface area contributed by atoms with Gasteiger partial charge in [0.25, 0.3) is 0 Å². The van der Waals surface area contributed by atoms with E-state index in [0.29, 0.717) is 35.5 Å². The fourth-order valence-corrected chi connectivity index (χ4v) is 5.36. The maximum atomic E-state index is 5.78. The largest absolute Gasteiger partial charge is 0.380 e. The Kier molecular flexibility index (Phi) is 4.87. The van der Waals surface area contributed by atoms with Crippen molar-refractivity contribution in [2.24, 2.45) is 17.8 Å². The molecule has 1 aromatic carbocycles. The van der Waals surface area contributed by atoms with Gasteiger partial charge in [0.15, 0.2) is 0 Å². The Labute approximate surface area is 162 Å². The number of benzene rings is 1. The number of hydrogen-bond acceptors (Lipinski definition) is 3. The predicted molar refractivity (Wildman–Crippen MR) is 108 cm³/mol. The van der Waals surface area contributed by atoms with Gasteiger partial charge in [-0.1, -0.05) is 36.4 Å². The normalized spacial score (nSPS) is 41.7. The Hall–Kier alpha value is -1.68. The highest BCUT2D eigenvalue weighted by atomic mass is 16.5. The van der Waals surface area contributed by atoms with Crippen LogP contribution in [-0.4, -0.2) is 39.6 Å². The predicted octanol–water partition coefficient (Wildman–Crippen LogP) is 4.43. The van der Waals surface area contributed by atoms with Crippen molar-refractivity contribution in [1.29, 1.82) is 0 Å². The van der Waals surface area contributed by atoms with Crippen molar-refractivity contribution >= 4 is 0 Å². The van der Waals surface area contributed by atoms with Crippen molar-refractivity contribution in [3.63, 3.8) is 0 Å². The van der Waals surface area contributed by atoms with E-state index in [0.717, 1.165) is 0 Å². The minimum Gasteiger partial charge on any atom is -0.380 e. The zero-order valence-electron chi connectivity index (χ0n) is 16.5. The molecule has 0 saturated heterocycles. The average Bonchev–Trinajstić information content (AvgIpc) is 3.61. The van der Waals surface area contributed by atoms with E-state index in [1.165, 1.54) is 16.7 Å². The zero-order valence-corrected chi connectivity index (χ0v) is 16.5. The molecule has 3 nitrogen and oxygen atoms in total. The summed E-state index contributed by atoms with van der Waals surface area (Å²) in [4.78, 5) is 0. The molecule has 0 aromatic heterocycles. The molecule has 9 unspecified atom stereocenters. The van der Waals surface area contributed by atoms with E-state index in [9.17, 15) is 0 Å². The molecule has 0 N–H and O–H groups in total. The molecule has 144 valence electrons. The number of rotatable bonds is 9. The molecule has 0 radical (unpaired) electrons. The van der Waals surface area contributed by atoms with E-state index in [2.05, 4.69) is 37.9 Å². The number of hydrogen-bond donors (Lipinski definition) is 0. The molecule has 27 heavy (non-hydrogen) atoms. The third-order valence-electron chi connectivity index (χ3n) is 6.88. The van der Waals surface area contributed by atoms with Gasteiger partial charge in [0.05, 0.1) is 18.3 Å². The Morgan fingerprint density at radius 1 is 0.667 bits per heavy atom. The minimum atomic E-state index is 0.200. The Morgan fingerprint density at radius 3 is 1.33 bits per heavy atom. The molecule has 1 aromatic rings. The lowest BCUT2D eigenvalue weighted by molar-refractivity contribution is 0.168. The summed E-state index contributed by atoms with van der Waals surface area (Å²) in [6.45, 7) is 12.1. The van der Waals surface area contributed by atoms with Gasteiger partial charge in [-0.25, -0.2) is 0 Å². The summed E-state index contributed by atoms with van der Waals surface area (Å²) >= 11 is 0. The lowest BCUT2D eigenvalue weighted by Crippen LogP contribution is -2.04. The van der Waals surface area contributed by atoms with Gasteiger partial charge >= 0.3 is 0 Å². The van der Waals surface area contributed by atoms with Gasteiger partial charge in [0.1, 0.15) is 0 Å². The molecule has 3 heteroatoms. The van der Waals surface area contributed by atoms with Crippen molar-refractivity contribution in [2.45, 2.75) is 36.1 Å². The summed E-state index contributed by atoms with van der Waals surface area (Å²) in [6.07, 6.45) is 6.73. The second-order valence-corrected chi connectivity index (χ2v) is 7.97. The molecule has 3 aliphatic carbocycles. The topological polar surface area (TPSA) is 27.7 Å². The molecule has 0 heterocycles. The zero-order chi connectivity index (χ0) is 19.3. The molecule has 9 atom stereocenters. The third kappa shape index (κ3) is 2.75. The Balaban J connectivity index is 1.79. The third-order valence-corrected chi connectivity index (χ3v) is 6.88. The van der Waals surface area contributed by atoms with Crippen LogP contribution >= 0.6 is 0 Å². The highest BCUT2D eigenvalue weighted by molar-refractivity contribution is 5.53. The average molecular weight is 367 g/mol. The first-order chi connectivity index (χ1) is 13.2. The SMILES string of the molecule is C=CC1C(OC)C1c1cccc(C2C(C=C)C2OC)c1C1C(C=C)C1OC. The molecule has 0 spiro atoms. The lowest BCUT2D eigenvalue weighted by Gasteiger charge is -2.16. The summed E-state index contributed by atoms with van der Waals surface area (Å²) in [5.41, 5.74) is 4.18. The summed E-state index contributed by atoms with van der Waals surface area (Å²) < 4.78 is 17.2. The van der Waals surface area contributed by atoms with Crippen molar-refractivity contribution in [3.05, 3.63) is 72.9 Å². The van der Waals surface area contributed by atoms with Gasteiger partial charge < -0.3 is 14.2 Å². The van der Waals surface area contributed by atoms with Crippen LogP contribution in [-0.2, 0) is 14.2 Å². The summed E-state index contributed by atoms with van der Waals surface area (Å²) in [6, 6.07) is 6.70. The van der Waals surface area contributed by atoms with Gasteiger partial charge in [0, 0.05) is 56.8 Å². The van der Waals surface area contributed by atoms with Crippen LogP contribution in [0.25, 0.3) is 0 Å². The van der Waals surface area contributed by atoms with Crippen LogP contribution in [0, 0.1) is 17.8 Å². The smallest absolute Gasteiger partial charge is 0.0715 e. The summed E-state index contributed by atoms with van der Waals surface area (Å²) in [5, 5.41) is 0. The highest BCUT2D eigenvalue weighted by Gasteiger charge is 2.59. The molecular weight excluding hydrogens is 336 g/mol. The van der Waals surface area contributed by atoms with E-state index in [1.807, 2.05) is 18.2 Å². The standard InChI is InChI=1S/C24H30O3/c1-7-13-19(22(13)25-4)16-11-10-12-17(20-14(8-2)23(20)26-5)18(16)21-15(9-3)24(21)27-6/h7-15,19-24H,1-3H2,4-6H3. The molecule has 0 aliphatic heterocycles.